The van der Waals surface area contributed by atoms with Crippen molar-refractivity contribution in [3.8, 4) is 0 Å². The zero-order chi connectivity index (χ0) is 21.8. The molecule has 6 heteroatoms. The van der Waals surface area contributed by atoms with Crippen LogP contribution in [-0.2, 0) is 19.1 Å². The Morgan fingerprint density at radius 2 is 1.74 bits per heavy atom. The highest BCUT2D eigenvalue weighted by Gasteiger charge is 2.38. The summed E-state index contributed by atoms with van der Waals surface area (Å²) >= 11 is 0. The number of likely N-dealkylation sites (tertiary alicyclic amines) is 1. The number of benzene rings is 3. The van der Waals surface area contributed by atoms with Gasteiger partial charge in [0.2, 0.25) is 5.91 Å². The van der Waals surface area contributed by atoms with Gasteiger partial charge in [-0.1, -0.05) is 60.7 Å². The monoisotopic (exact) mass is 416 g/mol. The summed E-state index contributed by atoms with van der Waals surface area (Å²) in [7, 11) is 0. The highest BCUT2D eigenvalue weighted by atomic mass is 16.5. The molecule has 0 aliphatic carbocycles. The van der Waals surface area contributed by atoms with E-state index < -0.39 is 17.8 Å². The van der Waals surface area contributed by atoms with Gasteiger partial charge in [0.1, 0.15) is 0 Å². The SMILES string of the molecule is C[C@@H](c1ccccc1)N1C[C@H](C(=O)OCC(=O)Nc2ccc3ccccc3c2)CC1=O. The van der Waals surface area contributed by atoms with Crippen molar-refractivity contribution in [2.24, 2.45) is 5.92 Å². The Morgan fingerprint density at radius 3 is 2.52 bits per heavy atom. The molecule has 6 nitrogen and oxygen atoms in total. The first kappa shape index (κ1) is 20.6. The number of ether oxygens (including phenoxy) is 1. The predicted octanol–water partition coefficient (Wildman–Crippen LogP) is 3.93. The molecule has 158 valence electrons. The average Bonchev–Trinajstić information content (AvgIpc) is 3.19. The second-order valence-electron chi connectivity index (χ2n) is 7.75. The second kappa shape index (κ2) is 9.00. The van der Waals surface area contributed by atoms with E-state index in [1.54, 1.807) is 11.0 Å². The maximum atomic E-state index is 12.4. The molecule has 3 aromatic carbocycles. The van der Waals surface area contributed by atoms with Gasteiger partial charge in [0, 0.05) is 18.7 Å². The molecule has 31 heavy (non-hydrogen) atoms. The summed E-state index contributed by atoms with van der Waals surface area (Å²) in [5.74, 6) is -1.58. The Balaban J connectivity index is 1.30. The maximum absolute atomic E-state index is 12.4. The molecule has 0 spiro atoms. The summed E-state index contributed by atoms with van der Waals surface area (Å²) in [6.07, 6.45) is 0.0995. The van der Waals surface area contributed by atoms with E-state index in [2.05, 4.69) is 5.32 Å². The molecule has 1 aliphatic rings. The van der Waals surface area contributed by atoms with Crippen LogP contribution in [0.3, 0.4) is 0 Å². The van der Waals surface area contributed by atoms with Crippen LogP contribution in [0.1, 0.15) is 24.9 Å². The third kappa shape index (κ3) is 4.74. The van der Waals surface area contributed by atoms with Crippen molar-refractivity contribution in [2.45, 2.75) is 19.4 Å². The maximum Gasteiger partial charge on any atom is 0.311 e. The lowest BCUT2D eigenvalue weighted by Gasteiger charge is -2.25. The second-order valence-corrected chi connectivity index (χ2v) is 7.75. The Hall–Kier alpha value is -3.67. The van der Waals surface area contributed by atoms with E-state index in [1.807, 2.05) is 73.7 Å². The Kier molecular flexibility index (Phi) is 5.98. The van der Waals surface area contributed by atoms with Crippen LogP contribution in [0, 0.1) is 5.92 Å². The molecule has 4 rings (SSSR count). The van der Waals surface area contributed by atoms with Crippen molar-refractivity contribution >= 4 is 34.2 Å². The first-order valence-corrected chi connectivity index (χ1v) is 10.3. The Morgan fingerprint density at radius 1 is 1.03 bits per heavy atom. The van der Waals surface area contributed by atoms with Gasteiger partial charge >= 0.3 is 5.97 Å². The first-order valence-electron chi connectivity index (χ1n) is 10.3. The fourth-order valence-corrected chi connectivity index (χ4v) is 3.89. The molecule has 0 aromatic heterocycles. The van der Waals surface area contributed by atoms with Crippen LogP contribution in [0.5, 0.6) is 0 Å². The topological polar surface area (TPSA) is 75.7 Å². The van der Waals surface area contributed by atoms with Crippen molar-refractivity contribution in [3.05, 3.63) is 78.4 Å². The van der Waals surface area contributed by atoms with Crippen molar-refractivity contribution in [1.82, 2.24) is 4.90 Å². The van der Waals surface area contributed by atoms with Gasteiger partial charge in [0.05, 0.1) is 12.0 Å². The highest BCUT2D eigenvalue weighted by molar-refractivity contribution is 5.96. The number of hydrogen-bond donors (Lipinski definition) is 1. The van der Waals surface area contributed by atoms with E-state index >= 15 is 0 Å². The summed E-state index contributed by atoms with van der Waals surface area (Å²) in [5.41, 5.74) is 1.65. The van der Waals surface area contributed by atoms with E-state index in [-0.39, 0.29) is 25.0 Å². The molecule has 1 fully saturated rings. The van der Waals surface area contributed by atoms with Crippen molar-refractivity contribution in [3.63, 3.8) is 0 Å². The van der Waals surface area contributed by atoms with Crippen LogP contribution in [0.25, 0.3) is 10.8 Å². The van der Waals surface area contributed by atoms with E-state index in [0.29, 0.717) is 12.2 Å². The summed E-state index contributed by atoms with van der Waals surface area (Å²) in [5, 5.41) is 4.83. The molecule has 2 atom stereocenters. The average molecular weight is 416 g/mol. The van der Waals surface area contributed by atoms with Gasteiger partial charge in [-0.05, 0) is 35.4 Å². The van der Waals surface area contributed by atoms with E-state index in [1.165, 1.54) is 0 Å². The molecule has 1 heterocycles. The van der Waals surface area contributed by atoms with Crippen LogP contribution in [-0.4, -0.2) is 35.8 Å². The molecular weight excluding hydrogens is 392 g/mol. The Labute approximate surface area is 180 Å². The third-order valence-electron chi connectivity index (χ3n) is 5.62. The molecule has 1 aliphatic heterocycles. The van der Waals surface area contributed by atoms with E-state index in [9.17, 15) is 14.4 Å². The fraction of sp³-hybridized carbons (Fsp3) is 0.240. The lowest BCUT2D eigenvalue weighted by molar-refractivity contribution is -0.151. The highest BCUT2D eigenvalue weighted by Crippen LogP contribution is 2.29. The van der Waals surface area contributed by atoms with Gasteiger partial charge in [0.15, 0.2) is 6.61 Å². The molecular formula is C25H24N2O4. The molecule has 0 unspecified atom stereocenters. The predicted molar refractivity (Wildman–Crippen MR) is 118 cm³/mol. The normalized spacial score (nSPS) is 16.9. The van der Waals surface area contributed by atoms with E-state index in [0.717, 1.165) is 16.3 Å². The number of rotatable bonds is 6. The zero-order valence-electron chi connectivity index (χ0n) is 17.3. The van der Waals surface area contributed by atoms with E-state index in [4.69, 9.17) is 4.74 Å². The van der Waals surface area contributed by atoms with Crippen LogP contribution in [0.15, 0.2) is 72.8 Å². The van der Waals surface area contributed by atoms with Gasteiger partial charge in [-0.3, -0.25) is 14.4 Å². The van der Waals surface area contributed by atoms with Crippen LogP contribution < -0.4 is 5.32 Å². The zero-order valence-corrected chi connectivity index (χ0v) is 17.3. The van der Waals surface area contributed by atoms with Gasteiger partial charge in [0.25, 0.3) is 5.91 Å². The van der Waals surface area contributed by atoms with Gasteiger partial charge in [-0.15, -0.1) is 0 Å². The standard InChI is InChI=1S/C25H24N2O4/c1-17(18-7-3-2-4-8-18)27-15-21(14-24(27)29)25(30)31-16-23(28)26-22-12-11-19-9-5-6-10-20(19)13-22/h2-13,17,21H,14-16H2,1H3,(H,26,28)/t17-,21+/m0/s1. The minimum Gasteiger partial charge on any atom is -0.455 e. The fourth-order valence-electron chi connectivity index (χ4n) is 3.89. The molecule has 0 radical (unpaired) electrons. The number of nitrogens with one attached hydrogen (secondary N) is 1. The van der Waals surface area contributed by atoms with Crippen molar-refractivity contribution in [1.29, 1.82) is 0 Å². The smallest absolute Gasteiger partial charge is 0.311 e. The molecule has 2 amide bonds. The summed E-state index contributed by atoms with van der Waals surface area (Å²) in [6.45, 7) is 1.85. The van der Waals surface area contributed by atoms with Crippen LogP contribution in [0.4, 0.5) is 5.69 Å². The summed E-state index contributed by atoms with van der Waals surface area (Å²) in [6, 6.07) is 23.0. The quantitative estimate of drug-likeness (QED) is 0.618. The van der Waals surface area contributed by atoms with Gasteiger partial charge in [-0.2, -0.15) is 0 Å². The van der Waals surface area contributed by atoms with Crippen molar-refractivity contribution in [2.75, 3.05) is 18.5 Å². The number of carbonyl (C=O) groups excluding carboxylic acids is 3. The number of amides is 2. The molecule has 1 N–H and O–H groups in total. The van der Waals surface area contributed by atoms with Crippen LogP contribution in [0.2, 0.25) is 0 Å². The lowest BCUT2D eigenvalue weighted by atomic mass is 10.1. The molecule has 3 aromatic rings. The van der Waals surface area contributed by atoms with Gasteiger partial charge < -0.3 is 15.0 Å². The largest absolute Gasteiger partial charge is 0.455 e. The number of anilines is 1. The Bertz CT molecular complexity index is 1110. The summed E-state index contributed by atoms with van der Waals surface area (Å²) in [4.78, 5) is 38.8. The number of fused-ring (bicyclic) bond motifs is 1. The van der Waals surface area contributed by atoms with Crippen LogP contribution >= 0.6 is 0 Å². The number of carbonyl (C=O) groups is 3. The number of nitrogens with zero attached hydrogens (tertiary/aromatic N) is 1. The summed E-state index contributed by atoms with van der Waals surface area (Å²) < 4.78 is 5.20. The molecule has 1 saturated heterocycles. The minimum atomic E-state index is -0.563. The third-order valence-corrected chi connectivity index (χ3v) is 5.62. The minimum absolute atomic E-state index is 0.0843. The van der Waals surface area contributed by atoms with Gasteiger partial charge in [-0.25, -0.2) is 0 Å². The molecule has 0 bridgehead atoms. The number of hydrogen-bond acceptors (Lipinski definition) is 4. The molecule has 0 saturated carbocycles. The van der Waals surface area contributed by atoms with Crippen molar-refractivity contribution < 1.29 is 19.1 Å². The first-order chi connectivity index (χ1) is 15.0. The number of esters is 1. The lowest BCUT2D eigenvalue weighted by Crippen LogP contribution is -2.30.